The van der Waals surface area contributed by atoms with E-state index < -0.39 is 5.60 Å². The van der Waals surface area contributed by atoms with Crippen LogP contribution >= 0.6 is 0 Å². The Morgan fingerprint density at radius 3 is 2.54 bits per heavy atom. The van der Waals surface area contributed by atoms with Crippen LogP contribution in [0.3, 0.4) is 0 Å². The molecule has 1 fully saturated rings. The maximum atomic E-state index is 13.0. The first kappa shape index (κ1) is 24.5. The number of hydrogen-bond acceptors (Lipinski definition) is 7. The predicted octanol–water partition coefficient (Wildman–Crippen LogP) is 2.88. The van der Waals surface area contributed by atoms with Crippen molar-refractivity contribution in [2.75, 3.05) is 43.5 Å². The highest BCUT2D eigenvalue weighted by atomic mass is 16.5. The van der Waals surface area contributed by atoms with Crippen LogP contribution in [0.15, 0.2) is 36.7 Å². The summed E-state index contributed by atoms with van der Waals surface area (Å²) in [6, 6.07) is 7.27. The molecule has 4 heterocycles. The summed E-state index contributed by atoms with van der Waals surface area (Å²) in [6.07, 6.45) is 4.64. The van der Waals surface area contributed by atoms with E-state index in [1.807, 2.05) is 35.9 Å². The molecule has 10 heteroatoms. The van der Waals surface area contributed by atoms with E-state index in [0.717, 1.165) is 22.7 Å². The number of anilines is 2. The molecule has 186 valence electrons. The second kappa shape index (κ2) is 9.91. The summed E-state index contributed by atoms with van der Waals surface area (Å²) in [5.74, 6) is -0.301. The quantitative estimate of drug-likeness (QED) is 0.558. The molecule has 10 nitrogen and oxygen atoms in total. The number of nitrogens with one attached hydrogen (secondary N) is 1. The van der Waals surface area contributed by atoms with Gasteiger partial charge in [0, 0.05) is 50.3 Å². The Labute approximate surface area is 204 Å². The number of aliphatic hydroxyl groups is 1. The van der Waals surface area contributed by atoms with Crippen LogP contribution in [0.5, 0.6) is 0 Å². The van der Waals surface area contributed by atoms with Gasteiger partial charge in [-0.1, -0.05) is 6.07 Å². The van der Waals surface area contributed by atoms with Crippen LogP contribution in [0.4, 0.5) is 16.2 Å². The van der Waals surface area contributed by atoms with Gasteiger partial charge in [-0.25, -0.2) is 14.8 Å². The van der Waals surface area contributed by atoms with Crippen molar-refractivity contribution >= 4 is 29.0 Å². The monoisotopic (exact) mass is 480 g/mol. The molecular formula is C25H32N6O4. The number of hydrogen-bond donors (Lipinski definition) is 2. The van der Waals surface area contributed by atoms with Gasteiger partial charge >= 0.3 is 6.09 Å². The van der Waals surface area contributed by atoms with E-state index in [1.54, 1.807) is 30.9 Å². The lowest BCUT2D eigenvalue weighted by molar-refractivity contribution is 0.0711. The van der Waals surface area contributed by atoms with Crippen molar-refractivity contribution in [1.82, 2.24) is 19.3 Å². The molecule has 3 aromatic heterocycles. The molecule has 0 radical (unpaired) electrons. The number of imidazole rings is 1. The molecule has 0 aliphatic carbocycles. The van der Waals surface area contributed by atoms with Crippen molar-refractivity contribution in [2.24, 2.45) is 0 Å². The minimum absolute atomic E-state index is 0.301. The van der Waals surface area contributed by atoms with Gasteiger partial charge in [0.1, 0.15) is 11.3 Å². The van der Waals surface area contributed by atoms with Crippen molar-refractivity contribution in [3.63, 3.8) is 0 Å². The van der Waals surface area contributed by atoms with Gasteiger partial charge < -0.3 is 29.4 Å². The lowest BCUT2D eigenvalue weighted by Crippen LogP contribution is -2.49. The van der Waals surface area contributed by atoms with Crippen molar-refractivity contribution in [3.8, 4) is 0 Å². The normalized spacial score (nSPS) is 14.3. The smallest absolute Gasteiger partial charge is 0.409 e. The SMILES string of the molecule is COC(=O)N1CCN(c2cc3nc(CCC(C)(C)O)cn3cc2NC(=O)c2cccc(C)n2)CC1. The van der Waals surface area contributed by atoms with Gasteiger partial charge in [0.05, 0.1) is 29.8 Å². The number of carbonyl (C=O) groups excluding carboxylic acids is 2. The molecule has 2 amide bonds. The van der Waals surface area contributed by atoms with Crippen molar-refractivity contribution < 1.29 is 19.4 Å². The number of ether oxygens (including phenoxy) is 1. The van der Waals surface area contributed by atoms with Crippen LogP contribution in [-0.4, -0.2) is 75.3 Å². The molecule has 0 saturated carbocycles. The molecule has 2 N–H and O–H groups in total. The van der Waals surface area contributed by atoms with Gasteiger partial charge in [-0.3, -0.25) is 4.79 Å². The van der Waals surface area contributed by atoms with Crippen LogP contribution in [0, 0.1) is 6.92 Å². The molecular weight excluding hydrogens is 448 g/mol. The molecule has 1 saturated heterocycles. The fourth-order valence-corrected chi connectivity index (χ4v) is 4.10. The molecule has 35 heavy (non-hydrogen) atoms. The summed E-state index contributed by atoms with van der Waals surface area (Å²) >= 11 is 0. The first-order valence-corrected chi connectivity index (χ1v) is 11.7. The van der Waals surface area contributed by atoms with Crippen LogP contribution in [-0.2, 0) is 11.2 Å². The standard InChI is InChI=1S/C25H32N6O4/c1-17-6-5-7-19(26-17)23(32)28-20-16-31-15-18(8-9-25(2,3)34)27-22(31)14-21(20)29-10-12-30(13-11-29)24(33)35-4/h5-7,14-16,34H,8-13H2,1-4H3,(H,28,32). The Bertz CT molecular complexity index is 1220. The predicted molar refractivity (Wildman–Crippen MR) is 133 cm³/mol. The highest BCUT2D eigenvalue weighted by Gasteiger charge is 2.25. The van der Waals surface area contributed by atoms with E-state index in [0.29, 0.717) is 50.4 Å². The first-order valence-electron chi connectivity index (χ1n) is 11.7. The third-order valence-corrected chi connectivity index (χ3v) is 6.04. The summed E-state index contributed by atoms with van der Waals surface area (Å²) < 4.78 is 6.73. The van der Waals surface area contributed by atoms with Crippen LogP contribution in [0.25, 0.3) is 5.65 Å². The number of fused-ring (bicyclic) bond motifs is 1. The Morgan fingerprint density at radius 2 is 1.89 bits per heavy atom. The van der Waals surface area contributed by atoms with E-state index >= 15 is 0 Å². The molecule has 4 rings (SSSR count). The first-order chi connectivity index (χ1) is 16.6. The maximum absolute atomic E-state index is 13.0. The maximum Gasteiger partial charge on any atom is 0.409 e. The topological polar surface area (TPSA) is 112 Å². The summed E-state index contributed by atoms with van der Waals surface area (Å²) in [5, 5.41) is 13.1. The van der Waals surface area contributed by atoms with E-state index in [2.05, 4.69) is 15.2 Å². The van der Waals surface area contributed by atoms with Crippen LogP contribution in [0.2, 0.25) is 0 Å². The Balaban J connectivity index is 1.65. The van der Waals surface area contributed by atoms with E-state index in [4.69, 9.17) is 9.72 Å². The fourth-order valence-electron chi connectivity index (χ4n) is 4.10. The summed E-state index contributed by atoms with van der Waals surface area (Å²) in [5.41, 5.74) is 3.37. The van der Waals surface area contributed by atoms with Gasteiger partial charge in [-0.2, -0.15) is 0 Å². The van der Waals surface area contributed by atoms with Gasteiger partial charge in [0.2, 0.25) is 0 Å². The number of aromatic nitrogens is 3. The number of nitrogens with zero attached hydrogens (tertiary/aromatic N) is 5. The zero-order valence-corrected chi connectivity index (χ0v) is 20.6. The molecule has 1 aliphatic heterocycles. The summed E-state index contributed by atoms with van der Waals surface area (Å²) in [4.78, 5) is 37.8. The molecule has 0 unspecified atom stereocenters. The minimum Gasteiger partial charge on any atom is -0.453 e. The van der Waals surface area contributed by atoms with Gasteiger partial charge in [-0.15, -0.1) is 0 Å². The highest BCUT2D eigenvalue weighted by Crippen LogP contribution is 2.30. The summed E-state index contributed by atoms with van der Waals surface area (Å²) in [7, 11) is 1.38. The zero-order valence-electron chi connectivity index (χ0n) is 20.6. The second-order valence-electron chi connectivity index (χ2n) is 9.44. The average Bonchev–Trinajstić information content (AvgIpc) is 3.23. The number of piperazine rings is 1. The molecule has 1 aliphatic rings. The van der Waals surface area contributed by atoms with E-state index in [9.17, 15) is 14.7 Å². The minimum atomic E-state index is -0.778. The van der Waals surface area contributed by atoms with E-state index in [-0.39, 0.29) is 12.0 Å². The van der Waals surface area contributed by atoms with Crippen molar-refractivity contribution in [3.05, 3.63) is 53.7 Å². The number of carbonyl (C=O) groups is 2. The average molecular weight is 481 g/mol. The second-order valence-corrected chi connectivity index (χ2v) is 9.44. The molecule has 0 aromatic carbocycles. The number of pyridine rings is 2. The van der Waals surface area contributed by atoms with Gasteiger partial charge in [0.15, 0.2) is 0 Å². The number of methoxy groups -OCH3 is 1. The van der Waals surface area contributed by atoms with Crippen LogP contribution in [0.1, 0.15) is 42.1 Å². The number of amides is 2. The van der Waals surface area contributed by atoms with E-state index in [1.165, 1.54) is 7.11 Å². The Hall–Kier alpha value is -3.66. The highest BCUT2D eigenvalue weighted by molar-refractivity contribution is 6.04. The molecule has 3 aromatic rings. The third kappa shape index (κ3) is 5.89. The lowest BCUT2D eigenvalue weighted by Gasteiger charge is -2.36. The molecule has 0 atom stereocenters. The fraction of sp³-hybridized carbons (Fsp3) is 0.440. The van der Waals surface area contributed by atoms with Gasteiger partial charge in [0.25, 0.3) is 5.91 Å². The Kier molecular flexibility index (Phi) is 6.93. The van der Waals surface area contributed by atoms with Gasteiger partial charge in [-0.05, 0) is 45.7 Å². The zero-order chi connectivity index (χ0) is 25.2. The number of rotatable bonds is 6. The van der Waals surface area contributed by atoms with Crippen molar-refractivity contribution in [1.29, 1.82) is 0 Å². The molecule has 0 spiro atoms. The third-order valence-electron chi connectivity index (χ3n) is 6.04. The summed E-state index contributed by atoms with van der Waals surface area (Å²) in [6.45, 7) is 7.59. The number of aryl methyl sites for hydroxylation is 2. The van der Waals surface area contributed by atoms with Crippen molar-refractivity contribution in [2.45, 2.75) is 39.2 Å². The largest absolute Gasteiger partial charge is 0.453 e. The Morgan fingerprint density at radius 1 is 1.14 bits per heavy atom. The molecule has 0 bridgehead atoms. The van der Waals surface area contributed by atoms with Crippen LogP contribution < -0.4 is 10.2 Å². The lowest BCUT2D eigenvalue weighted by atomic mass is 10.0.